The first kappa shape index (κ1) is 10.6. The topological polar surface area (TPSA) is 53.1 Å². The molecule has 0 amide bonds. The fourth-order valence-corrected chi connectivity index (χ4v) is 2.03. The second kappa shape index (κ2) is 4.77. The van der Waals surface area contributed by atoms with Crippen LogP contribution in [-0.4, -0.2) is 22.3 Å². The minimum absolute atomic E-state index is 0.0380. The predicted octanol–water partition coefficient (Wildman–Crippen LogP) is 1.47. The molecule has 0 aromatic carbocycles. The van der Waals surface area contributed by atoms with Crippen molar-refractivity contribution in [2.75, 3.05) is 6.61 Å². The highest BCUT2D eigenvalue weighted by Crippen LogP contribution is 2.16. The molecule has 2 atom stereocenters. The van der Waals surface area contributed by atoms with E-state index in [2.05, 4.69) is 9.55 Å². The Morgan fingerprint density at radius 2 is 2.53 bits per heavy atom. The van der Waals surface area contributed by atoms with E-state index in [0.29, 0.717) is 6.10 Å². The molecule has 1 aromatic heterocycles. The third-order valence-electron chi connectivity index (χ3n) is 2.89. The third kappa shape index (κ3) is 2.58. The van der Waals surface area contributed by atoms with Crippen LogP contribution < -0.4 is 5.73 Å². The van der Waals surface area contributed by atoms with Crippen LogP contribution in [0.5, 0.6) is 0 Å². The molecule has 4 heteroatoms. The van der Waals surface area contributed by atoms with Crippen molar-refractivity contribution < 1.29 is 4.74 Å². The van der Waals surface area contributed by atoms with Gasteiger partial charge in [0.1, 0.15) is 0 Å². The summed E-state index contributed by atoms with van der Waals surface area (Å²) in [5, 5.41) is 0. The van der Waals surface area contributed by atoms with Crippen LogP contribution in [0.25, 0.3) is 0 Å². The lowest BCUT2D eigenvalue weighted by atomic mass is 10.1. The van der Waals surface area contributed by atoms with Crippen LogP contribution in [0, 0.1) is 0 Å². The van der Waals surface area contributed by atoms with E-state index in [-0.39, 0.29) is 6.04 Å². The van der Waals surface area contributed by atoms with Gasteiger partial charge in [-0.25, -0.2) is 4.98 Å². The summed E-state index contributed by atoms with van der Waals surface area (Å²) >= 11 is 0. The van der Waals surface area contributed by atoms with E-state index >= 15 is 0 Å². The maximum absolute atomic E-state index is 5.86. The molecule has 1 aromatic rings. The zero-order chi connectivity index (χ0) is 10.7. The summed E-state index contributed by atoms with van der Waals surface area (Å²) in [4.78, 5) is 4.14. The molecule has 0 spiro atoms. The van der Waals surface area contributed by atoms with Crippen LogP contribution in [0.3, 0.4) is 0 Å². The average molecular weight is 209 g/mol. The molecule has 1 aliphatic rings. The monoisotopic (exact) mass is 209 g/mol. The smallest absolute Gasteiger partial charge is 0.0949 e. The van der Waals surface area contributed by atoms with Crippen molar-refractivity contribution in [3.8, 4) is 0 Å². The Hall–Kier alpha value is -0.870. The van der Waals surface area contributed by atoms with E-state index in [0.717, 1.165) is 25.3 Å². The van der Waals surface area contributed by atoms with Gasteiger partial charge in [0.25, 0.3) is 0 Å². The van der Waals surface area contributed by atoms with Gasteiger partial charge in [0, 0.05) is 18.8 Å². The zero-order valence-electron chi connectivity index (χ0n) is 9.22. The van der Waals surface area contributed by atoms with Crippen LogP contribution in [0.15, 0.2) is 12.5 Å². The standard InChI is InChI=1S/C11H19N3O/c1-9(12)11-6-13-8-14(11)7-10-4-2-3-5-15-10/h6,8-10H,2-5,7,12H2,1H3/t9-,10?/m1/s1. The van der Waals surface area contributed by atoms with E-state index in [9.17, 15) is 0 Å². The number of nitrogens with zero attached hydrogens (tertiary/aromatic N) is 2. The highest BCUT2D eigenvalue weighted by molar-refractivity contribution is 5.03. The second-order valence-electron chi connectivity index (χ2n) is 4.25. The van der Waals surface area contributed by atoms with Gasteiger partial charge in [0.2, 0.25) is 0 Å². The van der Waals surface area contributed by atoms with Crippen LogP contribution in [0.2, 0.25) is 0 Å². The van der Waals surface area contributed by atoms with Crippen LogP contribution in [-0.2, 0) is 11.3 Å². The molecule has 84 valence electrons. The van der Waals surface area contributed by atoms with Gasteiger partial charge in [-0.15, -0.1) is 0 Å². The minimum atomic E-state index is 0.0380. The third-order valence-corrected chi connectivity index (χ3v) is 2.89. The molecule has 1 unspecified atom stereocenters. The molecule has 1 saturated heterocycles. The molecule has 15 heavy (non-hydrogen) atoms. The van der Waals surface area contributed by atoms with Crippen molar-refractivity contribution >= 4 is 0 Å². The van der Waals surface area contributed by atoms with Gasteiger partial charge in [0.15, 0.2) is 0 Å². The summed E-state index contributed by atoms with van der Waals surface area (Å²) in [7, 11) is 0. The van der Waals surface area contributed by atoms with E-state index in [4.69, 9.17) is 10.5 Å². The molecule has 4 nitrogen and oxygen atoms in total. The Bertz CT molecular complexity index is 303. The van der Waals surface area contributed by atoms with E-state index in [1.165, 1.54) is 12.8 Å². The lowest BCUT2D eigenvalue weighted by Crippen LogP contribution is -2.25. The van der Waals surface area contributed by atoms with Crippen LogP contribution in [0.1, 0.15) is 37.9 Å². The summed E-state index contributed by atoms with van der Waals surface area (Å²) < 4.78 is 7.81. The molecule has 2 rings (SSSR count). The number of nitrogens with two attached hydrogens (primary N) is 1. The van der Waals surface area contributed by atoms with Gasteiger partial charge < -0.3 is 15.0 Å². The molecule has 0 radical (unpaired) electrons. The normalized spacial score (nSPS) is 24.0. The minimum Gasteiger partial charge on any atom is -0.376 e. The summed E-state index contributed by atoms with van der Waals surface area (Å²) in [6.07, 6.45) is 7.64. The first-order chi connectivity index (χ1) is 7.27. The average Bonchev–Trinajstić information content (AvgIpc) is 2.67. The molecule has 0 saturated carbocycles. The van der Waals surface area contributed by atoms with Gasteiger partial charge in [-0.05, 0) is 26.2 Å². The van der Waals surface area contributed by atoms with Crippen molar-refractivity contribution in [3.63, 3.8) is 0 Å². The first-order valence-corrected chi connectivity index (χ1v) is 5.64. The quantitative estimate of drug-likeness (QED) is 0.820. The molecular formula is C11H19N3O. The summed E-state index contributed by atoms with van der Waals surface area (Å²) in [5.74, 6) is 0. The zero-order valence-corrected chi connectivity index (χ0v) is 9.22. The maximum atomic E-state index is 5.86. The van der Waals surface area contributed by atoms with Crippen LogP contribution in [0.4, 0.5) is 0 Å². The lowest BCUT2D eigenvalue weighted by molar-refractivity contribution is 0.00547. The highest BCUT2D eigenvalue weighted by Gasteiger charge is 2.16. The molecule has 2 N–H and O–H groups in total. The van der Waals surface area contributed by atoms with Crippen molar-refractivity contribution in [3.05, 3.63) is 18.2 Å². The molecule has 2 heterocycles. The first-order valence-electron chi connectivity index (χ1n) is 5.64. The van der Waals surface area contributed by atoms with Crippen molar-refractivity contribution in [1.29, 1.82) is 0 Å². The van der Waals surface area contributed by atoms with Gasteiger partial charge in [-0.2, -0.15) is 0 Å². The second-order valence-corrected chi connectivity index (χ2v) is 4.25. The summed E-state index contributed by atoms with van der Waals surface area (Å²) in [5.41, 5.74) is 6.95. The Balaban J connectivity index is 1.99. The van der Waals surface area contributed by atoms with Gasteiger partial charge in [-0.1, -0.05) is 0 Å². The fourth-order valence-electron chi connectivity index (χ4n) is 2.03. The number of ether oxygens (including phenoxy) is 1. The number of rotatable bonds is 3. The van der Waals surface area contributed by atoms with Gasteiger partial charge >= 0.3 is 0 Å². The molecule has 1 aliphatic heterocycles. The molecule has 1 fully saturated rings. The largest absolute Gasteiger partial charge is 0.376 e. The Kier molecular flexibility index (Phi) is 3.38. The Labute approximate surface area is 90.4 Å². The van der Waals surface area contributed by atoms with E-state index < -0.39 is 0 Å². The van der Waals surface area contributed by atoms with Crippen molar-refractivity contribution in [2.45, 2.75) is 44.9 Å². The van der Waals surface area contributed by atoms with Gasteiger partial charge in [-0.3, -0.25) is 0 Å². The highest BCUT2D eigenvalue weighted by atomic mass is 16.5. The number of aromatic nitrogens is 2. The number of hydrogen-bond acceptors (Lipinski definition) is 3. The maximum Gasteiger partial charge on any atom is 0.0949 e. The molecule has 0 aliphatic carbocycles. The number of imidazole rings is 1. The lowest BCUT2D eigenvalue weighted by Gasteiger charge is -2.24. The summed E-state index contributed by atoms with van der Waals surface area (Å²) in [6, 6.07) is 0.0380. The van der Waals surface area contributed by atoms with Crippen molar-refractivity contribution in [1.82, 2.24) is 9.55 Å². The Morgan fingerprint density at radius 3 is 3.20 bits per heavy atom. The van der Waals surface area contributed by atoms with Crippen molar-refractivity contribution in [2.24, 2.45) is 5.73 Å². The van der Waals surface area contributed by atoms with E-state index in [1.807, 2.05) is 19.4 Å². The SMILES string of the molecule is C[C@@H](N)c1cncn1CC1CCCCO1. The Morgan fingerprint density at radius 1 is 1.67 bits per heavy atom. The van der Waals surface area contributed by atoms with E-state index in [1.54, 1.807) is 0 Å². The summed E-state index contributed by atoms with van der Waals surface area (Å²) in [6.45, 7) is 3.76. The molecule has 0 bridgehead atoms. The van der Waals surface area contributed by atoms with Gasteiger partial charge in [0.05, 0.1) is 24.7 Å². The number of hydrogen-bond donors (Lipinski definition) is 1. The predicted molar refractivity (Wildman–Crippen MR) is 58.4 cm³/mol. The fraction of sp³-hybridized carbons (Fsp3) is 0.727. The molecular weight excluding hydrogens is 190 g/mol. The van der Waals surface area contributed by atoms with Crippen LogP contribution >= 0.6 is 0 Å².